The Labute approximate surface area is 110 Å². The van der Waals surface area contributed by atoms with Crippen molar-refractivity contribution in [2.45, 2.75) is 13.0 Å². The molecule has 7 nitrogen and oxygen atoms in total. The zero-order chi connectivity index (χ0) is 14.3. The van der Waals surface area contributed by atoms with E-state index >= 15 is 0 Å². The first kappa shape index (κ1) is 14.8. The van der Waals surface area contributed by atoms with Crippen LogP contribution in [0.4, 0.5) is 10.5 Å². The summed E-state index contributed by atoms with van der Waals surface area (Å²) >= 11 is 0. The fraction of sp³-hybridized carbons (Fsp3) is 0.333. The summed E-state index contributed by atoms with van der Waals surface area (Å²) in [5.41, 5.74) is 5.65. The van der Waals surface area contributed by atoms with Crippen LogP contribution in [0.1, 0.15) is 6.92 Å². The number of amides is 1. The van der Waals surface area contributed by atoms with Gasteiger partial charge in [0.05, 0.1) is 12.3 Å². The van der Waals surface area contributed by atoms with E-state index in [4.69, 9.17) is 20.3 Å². The van der Waals surface area contributed by atoms with Crippen molar-refractivity contribution in [2.75, 3.05) is 18.5 Å². The summed E-state index contributed by atoms with van der Waals surface area (Å²) < 4.78 is 10.0. The number of ether oxygens (including phenoxy) is 2. The minimum Gasteiger partial charge on any atom is -0.492 e. The van der Waals surface area contributed by atoms with Crippen molar-refractivity contribution in [1.29, 1.82) is 0 Å². The first-order valence-electron chi connectivity index (χ1n) is 5.68. The number of rotatable bonds is 6. The summed E-state index contributed by atoms with van der Waals surface area (Å²) in [7, 11) is 0. The molecule has 0 radical (unpaired) electrons. The molecule has 0 heterocycles. The molecule has 0 aliphatic rings. The van der Waals surface area contributed by atoms with Crippen molar-refractivity contribution in [3.63, 3.8) is 0 Å². The maximum atomic E-state index is 11.5. The average Bonchev–Trinajstić information content (AvgIpc) is 2.38. The third-order valence-corrected chi connectivity index (χ3v) is 2.13. The van der Waals surface area contributed by atoms with Crippen LogP contribution in [0.25, 0.3) is 0 Å². The van der Waals surface area contributed by atoms with E-state index in [9.17, 15) is 9.59 Å². The largest absolute Gasteiger partial charge is 0.492 e. The first-order chi connectivity index (χ1) is 9.04. The van der Waals surface area contributed by atoms with E-state index in [2.05, 4.69) is 5.32 Å². The number of para-hydroxylation sites is 2. The molecule has 4 N–H and O–H groups in total. The second-order valence-corrected chi connectivity index (χ2v) is 3.60. The second kappa shape index (κ2) is 7.22. The molecule has 1 aromatic rings. The Morgan fingerprint density at radius 1 is 1.42 bits per heavy atom. The molecule has 104 valence electrons. The SMILES string of the molecule is CCOc1ccccc1NC(=O)OC[C@H](N)C(=O)O. The maximum Gasteiger partial charge on any atom is 0.411 e. The van der Waals surface area contributed by atoms with Gasteiger partial charge in [-0.15, -0.1) is 0 Å². The van der Waals surface area contributed by atoms with Gasteiger partial charge in [-0.2, -0.15) is 0 Å². The number of carboxylic acids is 1. The van der Waals surface area contributed by atoms with E-state index < -0.39 is 24.7 Å². The average molecular weight is 268 g/mol. The van der Waals surface area contributed by atoms with Gasteiger partial charge in [-0.25, -0.2) is 4.79 Å². The van der Waals surface area contributed by atoms with Gasteiger partial charge in [0.1, 0.15) is 18.4 Å². The number of hydrogen-bond donors (Lipinski definition) is 3. The van der Waals surface area contributed by atoms with Crippen LogP contribution in [0.2, 0.25) is 0 Å². The highest BCUT2D eigenvalue weighted by Gasteiger charge is 2.15. The zero-order valence-electron chi connectivity index (χ0n) is 10.5. The van der Waals surface area contributed by atoms with Crippen molar-refractivity contribution in [3.8, 4) is 5.75 Å². The highest BCUT2D eigenvalue weighted by atomic mass is 16.6. The molecular formula is C12H16N2O5. The monoisotopic (exact) mass is 268 g/mol. The van der Waals surface area contributed by atoms with Crippen LogP contribution in [0.3, 0.4) is 0 Å². The molecule has 0 aliphatic heterocycles. The molecule has 0 aromatic heterocycles. The minimum absolute atomic E-state index is 0.405. The molecule has 0 unspecified atom stereocenters. The van der Waals surface area contributed by atoms with Gasteiger partial charge in [-0.05, 0) is 19.1 Å². The number of nitrogens with one attached hydrogen (secondary N) is 1. The first-order valence-corrected chi connectivity index (χ1v) is 5.68. The summed E-state index contributed by atoms with van der Waals surface area (Å²) in [4.78, 5) is 21.9. The van der Waals surface area contributed by atoms with E-state index in [1.165, 1.54) is 0 Å². The molecule has 0 saturated heterocycles. The minimum atomic E-state index is -1.24. The van der Waals surface area contributed by atoms with Crippen LogP contribution >= 0.6 is 0 Å². The standard InChI is InChI=1S/C12H16N2O5/c1-2-18-10-6-4-3-5-9(10)14-12(17)19-7-8(13)11(15)16/h3-6,8H,2,7,13H2,1H3,(H,14,17)(H,15,16)/t8-/m0/s1. The summed E-state index contributed by atoms with van der Waals surface area (Å²) in [5, 5.41) is 11.0. The van der Waals surface area contributed by atoms with Crippen LogP contribution in [-0.2, 0) is 9.53 Å². The normalized spacial score (nSPS) is 11.5. The van der Waals surface area contributed by atoms with Crippen molar-refractivity contribution >= 4 is 17.7 Å². The third kappa shape index (κ3) is 4.84. The van der Waals surface area contributed by atoms with Gasteiger partial charge in [0, 0.05) is 0 Å². The van der Waals surface area contributed by atoms with Gasteiger partial charge in [0.2, 0.25) is 0 Å². The van der Waals surface area contributed by atoms with E-state index in [0.29, 0.717) is 18.0 Å². The van der Waals surface area contributed by atoms with E-state index in [1.54, 1.807) is 24.3 Å². The van der Waals surface area contributed by atoms with Crippen LogP contribution in [0.15, 0.2) is 24.3 Å². The highest BCUT2D eigenvalue weighted by Crippen LogP contribution is 2.23. The Balaban J connectivity index is 2.55. The molecule has 0 saturated carbocycles. The van der Waals surface area contributed by atoms with E-state index in [-0.39, 0.29) is 0 Å². The number of carbonyl (C=O) groups excluding carboxylic acids is 1. The fourth-order valence-corrected chi connectivity index (χ4v) is 1.23. The van der Waals surface area contributed by atoms with Gasteiger partial charge in [0.15, 0.2) is 0 Å². The summed E-state index contributed by atoms with van der Waals surface area (Å²) in [6, 6.07) is 5.59. The molecule has 7 heteroatoms. The quantitative estimate of drug-likeness (QED) is 0.711. The Morgan fingerprint density at radius 3 is 2.74 bits per heavy atom. The molecule has 1 rings (SSSR count). The zero-order valence-corrected chi connectivity index (χ0v) is 10.5. The van der Waals surface area contributed by atoms with Crippen LogP contribution < -0.4 is 15.8 Å². The van der Waals surface area contributed by atoms with E-state index in [0.717, 1.165) is 0 Å². The molecule has 0 aliphatic carbocycles. The second-order valence-electron chi connectivity index (χ2n) is 3.60. The topological polar surface area (TPSA) is 111 Å². The Morgan fingerprint density at radius 2 is 2.11 bits per heavy atom. The van der Waals surface area contributed by atoms with Gasteiger partial charge in [0.25, 0.3) is 0 Å². The van der Waals surface area contributed by atoms with Gasteiger partial charge in [-0.3, -0.25) is 10.1 Å². The highest BCUT2D eigenvalue weighted by molar-refractivity contribution is 5.87. The van der Waals surface area contributed by atoms with Gasteiger partial charge in [-0.1, -0.05) is 12.1 Å². The Hall–Kier alpha value is -2.28. The fourth-order valence-electron chi connectivity index (χ4n) is 1.23. The van der Waals surface area contributed by atoms with Crippen molar-refractivity contribution < 1.29 is 24.2 Å². The molecule has 1 atom stereocenters. The summed E-state index contributed by atoms with van der Waals surface area (Å²) in [6.07, 6.45) is -0.788. The molecule has 0 spiro atoms. The van der Waals surface area contributed by atoms with Crippen molar-refractivity contribution in [2.24, 2.45) is 5.73 Å². The Bertz CT molecular complexity index is 450. The van der Waals surface area contributed by atoms with Crippen LogP contribution in [0, 0.1) is 0 Å². The van der Waals surface area contributed by atoms with Gasteiger partial charge < -0.3 is 20.3 Å². The number of carbonyl (C=O) groups is 2. The molecule has 0 bridgehead atoms. The van der Waals surface area contributed by atoms with Crippen LogP contribution in [0.5, 0.6) is 5.75 Å². The Kier molecular flexibility index (Phi) is 5.62. The predicted octanol–water partition coefficient (Wildman–Crippen LogP) is 1.05. The number of carboxylic acid groups (broad SMARTS) is 1. The summed E-state index contributed by atoms with van der Waals surface area (Å²) in [6.45, 7) is 1.87. The lowest BCUT2D eigenvalue weighted by Crippen LogP contribution is -2.36. The number of aliphatic carboxylic acids is 1. The summed E-state index contributed by atoms with van der Waals surface area (Å²) in [5.74, 6) is -0.730. The number of benzene rings is 1. The third-order valence-electron chi connectivity index (χ3n) is 2.13. The molecule has 1 amide bonds. The van der Waals surface area contributed by atoms with E-state index in [1.807, 2.05) is 6.92 Å². The lowest BCUT2D eigenvalue weighted by Gasteiger charge is -2.12. The predicted molar refractivity (Wildman–Crippen MR) is 68.2 cm³/mol. The maximum absolute atomic E-state index is 11.5. The number of nitrogens with two attached hydrogens (primary N) is 1. The smallest absolute Gasteiger partial charge is 0.411 e. The van der Waals surface area contributed by atoms with Crippen molar-refractivity contribution in [3.05, 3.63) is 24.3 Å². The molecule has 1 aromatic carbocycles. The molecule has 19 heavy (non-hydrogen) atoms. The number of hydrogen-bond acceptors (Lipinski definition) is 5. The van der Waals surface area contributed by atoms with Gasteiger partial charge >= 0.3 is 12.1 Å². The molecular weight excluding hydrogens is 252 g/mol. The number of anilines is 1. The molecule has 0 fully saturated rings. The lowest BCUT2D eigenvalue weighted by atomic mass is 10.3. The lowest BCUT2D eigenvalue weighted by molar-refractivity contribution is -0.139. The van der Waals surface area contributed by atoms with Crippen LogP contribution in [-0.4, -0.2) is 36.4 Å². The van der Waals surface area contributed by atoms with Crippen molar-refractivity contribution in [1.82, 2.24) is 0 Å².